The van der Waals surface area contributed by atoms with Crippen molar-refractivity contribution in [3.8, 4) is 0 Å². The molecule has 132 valence electrons. The summed E-state index contributed by atoms with van der Waals surface area (Å²) in [5.41, 5.74) is 0. The van der Waals surface area contributed by atoms with E-state index < -0.39 is 26.0 Å². The molecule has 0 unspecified atom stereocenters. The van der Waals surface area contributed by atoms with Crippen molar-refractivity contribution in [2.75, 3.05) is 0 Å². The Bertz CT molecular complexity index is 474. The summed E-state index contributed by atoms with van der Waals surface area (Å²) in [4.78, 5) is 18.7. The van der Waals surface area contributed by atoms with Crippen LogP contribution in [0.2, 0.25) is 13.3 Å². The third-order valence-corrected chi connectivity index (χ3v) is 21.5. The SMILES string of the molecule is CCC[CH2][Sn]([CH2]CCC)([CH2]CCC)[c]1ccc(P(=O)(O)O)cc1. The molecular weight excluding hydrogens is 414 g/mol. The van der Waals surface area contributed by atoms with Crippen molar-refractivity contribution < 1.29 is 14.4 Å². The van der Waals surface area contributed by atoms with Crippen molar-refractivity contribution >= 4 is 34.9 Å². The van der Waals surface area contributed by atoms with Gasteiger partial charge in [0.1, 0.15) is 0 Å². The Labute approximate surface area is 145 Å². The van der Waals surface area contributed by atoms with Crippen LogP contribution in [0, 0.1) is 0 Å². The van der Waals surface area contributed by atoms with Gasteiger partial charge in [0.05, 0.1) is 0 Å². The summed E-state index contributed by atoms with van der Waals surface area (Å²) >= 11 is -2.46. The van der Waals surface area contributed by atoms with Crippen LogP contribution in [0.15, 0.2) is 24.3 Å². The van der Waals surface area contributed by atoms with Crippen LogP contribution in [-0.2, 0) is 4.57 Å². The molecule has 23 heavy (non-hydrogen) atoms. The fourth-order valence-electron chi connectivity index (χ4n) is 3.36. The van der Waals surface area contributed by atoms with Crippen molar-refractivity contribution in [1.82, 2.24) is 0 Å². The van der Waals surface area contributed by atoms with Crippen LogP contribution in [0.4, 0.5) is 0 Å². The topological polar surface area (TPSA) is 57.5 Å². The summed E-state index contributed by atoms with van der Waals surface area (Å²) in [6.07, 6.45) is 7.59. The van der Waals surface area contributed by atoms with E-state index >= 15 is 0 Å². The van der Waals surface area contributed by atoms with Crippen LogP contribution in [-0.4, -0.2) is 28.2 Å². The van der Waals surface area contributed by atoms with E-state index in [-0.39, 0.29) is 5.30 Å². The molecule has 0 heterocycles. The molecule has 0 aliphatic heterocycles. The molecule has 2 N–H and O–H groups in total. The number of rotatable bonds is 11. The van der Waals surface area contributed by atoms with Gasteiger partial charge >= 0.3 is 146 Å². The molecule has 0 aliphatic carbocycles. The first-order valence-corrected chi connectivity index (χ1v) is 18.2. The van der Waals surface area contributed by atoms with E-state index in [1.807, 2.05) is 12.1 Å². The summed E-state index contributed by atoms with van der Waals surface area (Å²) in [5.74, 6) is 0. The summed E-state index contributed by atoms with van der Waals surface area (Å²) in [6, 6.07) is 7.44. The van der Waals surface area contributed by atoms with Gasteiger partial charge in [0.2, 0.25) is 0 Å². The normalized spacial score (nSPS) is 12.6. The molecule has 1 rings (SSSR count). The van der Waals surface area contributed by atoms with Gasteiger partial charge in [-0.15, -0.1) is 0 Å². The average molecular weight is 447 g/mol. The van der Waals surface area contributed by atoms with Gasteiger partial charge in [-0.1, -0.05) is 0 Å². The fourth-order valence-corrected chi connectivity index (χ4v) is 19.8. The molecule has 0 aromatic heterocycles. The second-order valence-corrected chi connectivity index (χ2v) is 21.5. The average Bonchev–Trinajstić information content (AvgIpc) is 2.54. The Hall–Kier alpha value is 0.169. The summed E-state index contributed by atoms with van der Waals surface area (Å²) in [6.45, 7) is 6.77. The van der Waals surface area contributed by atoms with Crippen LogP contribution in [0.25, 0.3) is 0 Å². The van der Waals surface area contributed by atoms with Crippen molar-refractivity contribution in [2.45, 2.75) is 72.6 Å². The van der Waals surface area contributed by atoms with Gasteiger partial charge in [-0.05, 0) is 0 Å². The standard InChI is InChI=1S/C6H6O3P.3C4H9.Sn/c7-10(8,9)6-4-2-1-3-5-6;3*1-3-4-2;/h2-5H,(H2,7,8,9);3*1,3-4H2,2H3;. The van der Waals surface area contributed by atoms with Crippen molar-refractivity contribution in [1.29, 1.82) is 0 Å². The molecule has 5 heteroatoms. The third-order valence-electron chi connectivity index (χ3n) is 4.84. The molecule has 0 saturated heterocycles. The Morgan fingerprint density at radius 1 is 0.826 bits per heavy atom. The third kappa shape index (κ3) is 6.53. The zero-order chi connectivity index (χ0) is 17.3. The van der Waals surface area contributed by atoms with Gasteiger partial charge in [-0.25, -0.2) is 0 Å². The van der Waals surface area contributed by atoms with Crippen LogP contribution in [0.5, 0.6) is 0 Å². The van der Waals surface area contributed by atoms with Crippen molar-refractivity contribution in [2.24, 2.45) is 0 Å². The minimum absolute atomic E-state index is 0.155. The predicted molar refractivity (Wildman–Crippen MR) is 103 cm³/mol. The maximum atomic E-state index is 11.4. The molecule has 0 bridgehead atoms. The minimum atomic E-state index is -4.13. The van der Waals surface area contributed by atoms with E-state index in [1.54, 1.807) is 12.1 Å². The number of hydrogen-bond acceptors (Lipinski definition) is 1. The molecule has 1 aromatic carbocycles. The summed E-state index contributed by atoms with van der Waals surface area (Å²) in [5, 5.41) is 0.155. The molecule has 0 spiro atoms. The Balaban J connectivity index is 3.15. The number of unbranched alkanes of at least 4 members (excludes halogenated alkanes) is 3. The molecule has 0 saturated carbocycles. The first kappa shape index (κ1) is 21.2. The van der Waals surface area contributed by atoms with E-state index in [4.69, 9.17) is 0 Å². The molecule has 0 radical (unpaired) electrons. The second-order valence-electron chi connectivity index (χ2n) is 6.68. The zero-order valence-electron chi connectivity index (χ0n) is 14.9. The molecular formula is C18H33O3PSn. The van der Waals surface area contributed by atoms with E-state index in [9.17, 15) is 14.4 Å². The van der Waals surface area contributed by atoms with Gasteiger partial charge < -0.3 is 0 Å². The Morgan fingerprint density at radius 2 is 1.22 bits per heavy atom. The van der Waals surface area contributed by atoms with E-state index in [0.29, 0.717) is 0 Å². The van der Waals surface area contributed by atoms with Gasteiger partial charge in [-0.3, -0.25) is 0 Å². The van der Waals surface area contributed by atoms with Gasteiger partial charge in [0.25, 0.3) is 0 Å². The van der Waals surface area contributed by atoms with Gasteiger partial charge in [0, 0.05) is 0 Å². The monoisotopic (exact) mass is 448 g/mol. The van der Waals surface area contributed by atoms with Crippen LogP contribution in [0.1, 0.15) is 59.3 Å². The first-order chi connectivity index (χ1) is 10.9. The molecule has 3 nitrogen and oxygen atoms in total. The predicted octanol–water partition coefficient (Wildman–Crippen LogP) is 4.55. The van der Waals surface area contributed by atoms with Gasteiger partial charge in [-0.2, -0.15) is 0 Å². The van der Waals surface area contributed by atoms with E-state index in [1.165, 1.54) is 55.4 Å². The summed E-state index contributed by atoms with van der Waals surface area (Å²) < 4.78 is 17.0. The van der Waals surface area contributed by atoms with E-state index in [2.05, 4.69) is 20.8 Å². The van der Waals surface area contributed by atoms with Crippen LogP contribution < -0.4 is 8.88 Å². The molecule has 0 atom stereocenters. The van der Waals surface area contributed by atoms with Crippen LogP contribution >= 0.6 is 7.60 Å². The Morgan fingerprint density at radius 3 is 1.52 bits per heavy atom. The van der Waals surface area contributed by atoms with Crippen molar-refractivity contribution in [3.05, 3.63) is 24.3 Å². The molecule has 0 fully saturated rings. The van der Waals surface area contributed by atoms with Gasteiger partial charge in [0.15, 0.2) is 0 Å². The fraction of sp³-hybridized carbons (Fsp3) is 0.667. The zero-order valence-corrected chi connectivity index (χ0v) is 18.7. The summed E-state index contributed by atoms with van der Waals surface area (Å²) in [7, 11) is -4.13. The molecule has 0 aliphatic rings. The first-order valence-electron chi connectivity index (χ1n) is 9.06. The van der Waals surface area contributed by atoms with E-state index in [0.717, 1.165) is 0 Å². The number of benzene rings is 1. The quantitative estimate of drug-likeness (QED) is 0.387. The molecule has 1 aromatic rings. The number of hydrogen-bond donors (Lipinski definition) is 2. The Kier molecular flexibility index (Phi) is 9.43. The van der Waals surface area contributed by atoms with Crippen LogP contribution in [0.3, 0.4) is 0 Å². The van der Waals surface area contributed by atoms with Crippen molar-refractivity contribution in [3.63, 3.8) is 0 Å². The maximum absolute atomic E-state index is 11.4. The molecule has 0 amide bonds. The second kappa shape index (κ2) is 10.2.